The number of ether oxygens (including phenoxy) is 3. The number of amides is 3. The molecule has 0 unspecified atom stereocenters. The Labute approximate surface area is 230 Å². The number of hydrogen-bond acceptors (Lipinski definition) is 10. The summed E-state index contributed by atoms with van der Waals surface area (Å²) in [7, 11) is 0. The molecule has 0 saturated carbocycles. The zero-order valence-electron chi connectivity index (χ0n) is 22.4. The van der Waals surface area contributed by atoms with Gasteiger partial charge in [-0.15, -0.1) is 0 Å². The fraction of sp³-hybridized carbons (Fsp3) is 0.577. The molecule has 13 heteroatoms. The van der Waals surface area contributed by atoms with Gasteiger partial charge in [0, 0.05) is 12.2 Å². The van der Waals surface area contributed by atoms with E-state index >= 15 is 4.39 Å². The van der Waals surface area contributed by atoms with Crippen LogP contribution in [0.4, 0.5) is 19.8 Å². The fourth-order valence-electron chi connectivity index (χ4n) is 4.37. The second-order valence-corrected chi connectivity index (χ2v) is 10.3. The van der Waals surface area contributed by atoms with Crippen molar-refractivity contribution in [1.29, 1.82) is 0 Å². The third kappa shape index (κ3) is 6.64. The molecular formula is C26H34FN5O6S. The highest BCUT2D eigenvalue weighted by Crippen LogP contribution is 2.38. The molecule has 212 valence electrons. The van der Waals surface area contributed by atoms with E-state index in [0.717, 1.165) is 41.4 Å². The van der Waals surface area contributed by atoms with Gasteiger partial charge >= 0.3 is 12.2 Å². The van der Waals surface area contributed by atoms with Gasteiger partial charge in [0.1, 0.15) is 0 Å². The van der Waals surface area contributed by atoms with E-state index in [1.807, 2.05) is 13.8 Å². The van der Waals surface area contributed by atoms with Crippen molar-refractivity contribution in [1.82, 2.24) is 19.6 Å². The van der Waals surface area contributed by atoms with Crippen LogP contribution in [-0.2, 0) is 20.8 Å². The Kier molecular flexibility index (Phi) is 9.68. The van der Waals surface area contributed by atoms with Crippen molar-refractivity contribution in [3.05, 3.63) is 28.7 Å². The monoisotopic (exact) mass is 563 g/mol. The maximum absolute atomic E-state index is 15.9. The number of unbranched alkanes of at least 4 members (excludes halogenated alkanes) is 2. The van der Waals surface area contributed by atoms with Crippen molar-refractivity contribution in [2.75, 3.05) is 31.7 Å². The molecule has 2 aliphatic rings. The smallest absolute Gasteiger partial charge is 0.417 e. The third-order valence-electron chi connectivity index (χ3n) is 6.53. The molecule has 2 aromatic rings. The zero-order valence-corrected chi connectivity index (χ0v) is 23.2. The maximum atomic E-state index is 15.9. The predicted molar refractivity (Wildman–Crippen MR) is 142 cm³/mol. The van der Waals surface area contributed by atoms with Crippen molar-refractivity contribution >= 4 is 35.4 Å². The Balaban J connectivity index is 1.62. The van der Waals surface area contributed by atoms with E-state index in [0.29, 0.717) is 30.9 Å². The predicted octanol–water partition coefficient (Wildman–Crippen LogP) is 4.64. The second kappa shape index (κ2) is 13.2. The van der Waals surface area contributed by atoms with Gasteiger partial charge in [-0.2, -0.15) is 4.37 Å². The average Bonchev–Trinajstić information content (AvgIpc) is 3.50. The molecular weight excluding hydrogens is 529 g/mol. The first-order valence-corrected chi connectivity index (χ1v) is 14.0. The molecule has 11 nitrogen and oxygen atoms in total. The standard InChI is InChI=1S/C26H34FN5O6S/c1-4-6-9-37-25(34)29-18-14-36-11-8-17(18)28-23-21(27)16-13-32(26(35)38-10-7-5-2)24(33)20(16)22(30-23)19-12-15(3)31-39-19/h12,17-18H,4-11,13-14H2,1-3H3,(H,28,30)(H,29,34)/t17-,18+/m1/s1. The molecule has 0 aliphatic carbocycles. The Bertz CT molecular complexity index is 1210. The summed E-state index contributed by atoms with van der Waals surface area (Å²) in [6, 6.07) is 0.846. The molecule has 1 fully saturated rings. The molecule has 2 aliphatic heterocycles. The van der Waals surface area contributed by atoms with Crippen LogP contribution in [0.2, 0.25) is 0 Å². The van der Waals surface area contributed by atoms with E-state index in [-0.39, 0.29) is 42.4 Å². The number of alkyl carbamates (subject to hydrolysis) is 1. The van der Waals surface area contributed by atoms with Crippen LogP contribution in [0.15, 0.2) is 6.07 Å². The summed E-state index contributed by atoms with van der Waals surface area (Å²) < 4.78 is 36.2. The van der Waals surface area contributed by atoms with Crippen LogP contribution in [0.25, 0.3) is 10.6 Å². The number of pyridine rings is 1. The zero-order chi connectivity index (χ0) is 27.9. The first-order chi connectivity index (χ1) is 18.8. The number of nitrogens with zero attached hydrogens (tertiary/aromatic N) is 3. The third-order valence-corrected chi connectivity index (χ3v) is 7.42. The van der Waals surface area contributed by atoms with Gasteiger partial charge in [-0.25, -0.2) is 23.9 Å². The van der Waals surface area contributed by atoms with Crippen LogP contribution < -0.4 is 10.6 Å². The van der Waals surface area contributed by atoms with E-state index in [1.165, 1.54) is 0 Å². The minimum atomic E-state index is -0.819. The fourth-order valence-corrected chi connectivity index (χ4v) is 5.12. The van der Waals surface area contributed by atoms with E-state index in [4.69, 9.17) is 14.2 Å². The van der Waals surface area contributed by atoms with Gasteiger partial charge in [0.05, 0.1) is 60.3 Å². The SMILES string of the molecule is CCCCOC(=O)N[C@H]1COCC[C@H]1Nc1nc(-c2cc(C)ns2)c2c(c1F)CN(C(=O)OCCCC)C2=O. The van der Waals surface area contributed by atoms with Gasteiger partial charge in [-0.3, -0.25) is 4.79 Å². The molecule has 3 amide bonds. The first kappa shape index (κ1) is 28.7. The van der Waals surface area contributed by atoms with Crippen molar-refractivity contribution in [3.8, 4) is 10.6 Å². The van der Waals surface area contributed by atoms with Crippen LogP contribution in [0.3, 0.4) is 0 Å². The molecule has 1 saturated heterocycles. The minimum absolute atomic E-state index is 0.0234. The van der Waals surface area contributed by atoms with Gasteiger partial charge in [0.15, 0.2) is 11.6 Å². The highest BCUT2D eigenvalue weighted by Gasteiger charge is 2.40. The summed E-state index contributed by atoms with van der Waals surface area (Å²) in [4.78, 5) is 44.2. The van der Waals surface area contributed by atoms with E-state index < -0.39 is 36.0 Å². The molecule has 0 radical (unpaired) electrons. The van der Waals surface area contributed by atoms with Gasteiger partial charge in [-0.05, 0) is 43.8 Å². The van der Waals surface area contributed by atoms with Gasteiger partial charge in [-0.1, -0.05) is 26.7 Å². The van der Waals surface area contributed by atoms with E-state index in [2.05, 4.69) is 20.0 Å². The molecule has 2 aromatic heterocycles. The highest BCUT2D eigenvalue weighted by molar-refractivity contribution is 7.09. The number of fused-ring (bicyclic) bond motifs is 1. The van der Waals surface area contributed by atoms with Gasteiger partial charge in [0.2, 0.25) is 0 Å². The Hall–Kier alpha value is -3.32. The van der Waals surface area contributed by atoms with Crippen LogP contribution in [0.1, 0.15) is 67.6 Å². The molecule has 4 rings (SSSR count). The molecule has 0 aromatic carbocycles. The Morgan fingerprint density at radius 1 is 1.21 bits per heavy atom. The maximum Gasteiger partial charge on any atom is 0.417 e. The lowest BCUT2D eigenvalue weighted by atomic mass is 10.0. The first-order valence-electron chi connectivity index (χ1n) is 13.3. The Morgan fingerprint density at radius 2 is 1.95 bits per heavy atom. The lowest BCUT2D eigenvalue weighted by molar-refractivity contribution is 0.0583. The van der Waals surface area contributed by atoms with Crippen molar-refractivity contribution in [3.63, 3.8) is 0 Å². The van der Waals surface area contributed by atoms with Crippen molar-refractivity contribution < 1.29 is 33.0 Å². The van der Waals surface area contributed by atoms with Crippen molar-refractivity contribution in [2.45, 2.75) is 71.5 Å². The van der Waals surface area contributed by atoms with Crippen molar-refractivity contribution in [2.24, 2.45) is 0 Å². The summed E-state index contributed by atoms with van der Waals surface area (Å²) in [5.41, 5.74) is 1.04. The summed E-state index contributed by atoms with van der Waals surface area (Å²) in [5.74, 6) is -1.48. The summed E-state index contributed by atoms with van der Waals surface area (Å²) in [5, 5.41) is 5.91. The molecule has 4 heterocycles. The van der Waals surface area contributed by atoms with Gasteiger partial charge in [0.25, 0.3) is 5.91 Å². The number of hydrogen-bond donors (Lipinski definition) is 2. The number of nitrogens with one attached hydrogen (secondary N) is 2. The number of halogens is 1. The largest absolute Gasteiger partial charge is 0.450 e. The van der Waals surface area contributed by atoms with E-state index in [1.54, 1.807) is 13.0 Å². The Morgan fingerprint density at radius 3 is 2.64 bits per heavy atom. The number of imide groups is 1. The van der Waals surface area contributed by atoms with Crippen LogP contribution in [0.5, 0.6) is 0 Å². The number of aromatic nitrogens is 2. The summed E-state index contributed by atoms with van der Waals surface area (Å²) in [6.07, 6.45) is 2.21. The average molecular weight is 564 g/mol. The molecule has 2 atom stereocenters. The topological polar surface area (TPSA) is 132 Å². The molecule has 0 spiro atoms. The molecule has 39 heavy (non-hydrogen) atoms. The summed E-state index contributed by atoms with van der Waals surface area (Å²) >= 11 is 1.13. The van der Waals surface area contributed by atoms with Crippen LogP contribution in [-0.4, -0.2) is 70.9 Å². The normalized spacial score (nSPS) is 18.6. The second-order valence-electron chi connectivity index (χ2n) is 9.52. The summed E-state index contributed by atoms with van der Waals surface area (Å²) in [6.45, 7) is 6.58. The molecule has 0 bridgehead atoms. The van der Waals surface area contributed by atoms with Gasteiger partial charge < -0.3 is 24.8 Å². The number of rotatable bonds is 10. The number of carbonyl (C=O) groups is 3. The number of carbonyl (C=O) groups excluding carboxylic acids is 3. The lowest BCUT2D eigenvalue weighted by Crippen LogP contribution is -2.53. The lowest BCUT2D eigenvalue weighted by Gasteiger charge is -2.33. The minimum Gasteiger partial charge on any atom is -0.450 e. The number of anilines is 1. The quantitative estimate of drug-likeness (QED) is 0.397. The highest BCUT2D eigenvalue weighted by atomic mass is 32.1. The number of aryl methyl sites for hydroxylation is 1. The van der Waals surface area contributed by atoms with Crippen LogP contribution >= 0.6 is 11.5 Å². The van der Waals surface area contributed by atoms with Crippen LogP contribution in [0, 0.1) is 12.7 Å². The molecule has 2 N–H and O–H groups in total. The van der Waals surface area contributed by atoms with E-state index in [9.17, 15) is 14.4 Å².